The van der Waals surface area contributed by atoms with Gasteiger partial charge >= 0.3 is 0 Å². The number of rotatable bonds is 3. The van der Waals surface area contributed by atoms with Crippen LogP contribution in [0.5, 0.6) is 0 Å². The first-order valence-corrected chi connectivity index (χ1v) is 8.87. The zero-order valence-corrected chi connectivity index (χ0v) is 15.3. The number of hydrogen-bond donors (Lipinski definition) is 1. The SMILES string of the molecule is Cc1cc(C)cc(N[C@@H]2c3ccccc3C(=O)N2c2ccccc2C)c1. The van der Waals surface area contributed by atoms with E-state index in [1.54, 1.807) is 0 Å². The van der Waals surface area contributed by atoms with Crippen LogP contribution in [0.2, 0.25) is 0 Å². The van der Waals surface area contributed by atoms with Gasteiger partial charge in [0.1, 0.15) is 6.17 Å². The van der Waals surface area contributed by atoms with Crippen LogP contribution in [-0.2, 0) is 0 Å². The predicted molar refractivity (Wildman–Crippen MR) is 107 cm³/mol. The summed E-state index contributed by atoms with van der Waals surface area (Å²) in [5.41, 5.74) is 7.23. The van der Waals surface area contributed by atoms with Crippen molar-refractivity contribution in [2.24, 2.45) is 0 Å². The topological polar surface area (TPSA) is 32.3 Å². The third kappa shape index (κ3) is 2.76. The molecule has 0 aliphatic carbocycles. The Kier molecular flexibility index (Phi) is 4.00. The zero-order valence-electron chi connectivity index (χ0n) is 15.3. The normalized spacial score (nSPS) is 15.9. The first-order chi connectivity index (χ1) is 12.5. The number of amides is 1. The highest BCUT2D eigenvalue weighted by atomic mass is 16.2. The van der Waals surface area contributed by atoms with Gasteiger partial charge in [0.05, 0.1) is 0 Å². The molecule has 3 aromatic rings. The molecule has 3 heteroatoms. The summed E-state index contributed by atoms with van der Waals surface area (Å²) in [4.78, 5) is 15.0. The summed E-state index contributed by atoms with van der Waals surface area (Å²) >= 11 is 0. The van der Waals surface area contributed by atoms with Crippen molar-refractivity contribution in [3.05, 3.63) is 94.5 Å². The second-order valence-electron chi connectivity index (χ2n) is 6.97. The second-order valence-corrected chi connectivity index (χ2v) is 6.97. The minimum absolute atomic E-state index is 0.0387. The molecule has 1 aliphatic rings. The number of anilines is 2. The number of hydrogen-bond acceptors (Lipinski definition) is 2. The Labute approximate surface area is 154 Å². The van der Waals surface area contributed by atoms with Crippen LogP contribution in [0.25, 0.3) is 0 Å². The Morgan fingerprint density at radius 1 is 0.846 bits per heavy atom. The molecule has 0 saturated heterocycles. The maximum atomic E-state index is 13.2. The summed E-state index contributed by atoms with van der Waals surface area (Å²) in [6.45, 7) is 6.22. The van der Waals surface area contributed by atoms with Gasteiger partial charge in [0.25, 0.3) is 5.91 Å². The number of nitrogens with one attached hydrogen (secondary N) is 1. The molecule has 0 saturated carbocycles. The van der Waals surface area contributed by atoms with Gasteiger partial charge in [-0.25, -0.2) is 0 Å². The van der Waals surface area contributed by atoms with Crippen LogP contribution >= 0.6 is 0 Å². The van der Waals surface area contributed by atoms with Crippen LogP contribution in [0.15, 0.2) is 66.7 Å². The molecular formula is C23H22N2O. The Hall–Kier alpha value is -3.07. The summed E-state index contributed by atoms with van der Waals surface area (Å²) in [7, 11) is 0. The minimum atomic E-state index is -0.221. The van der Waals surface area contributed by atoms with Crippen LogP contribution in [0, 0.1) is 20.8 Å². The van der Waals surface area contributed by atoms with Crippen molar-refractivity contribution in [3.8, 4) is 0 Å². The third-order valence-electron chi connectivity index (χ3n) is 4.86. The number of para-hydroxylation sites is 1. The van der Waals surface area contributed by atoms with Crippen LogP contribution in [0.3, 0.4) is 0 Å². The molecule has 0 unspecified atom stereocenters. The molecule has 3 nitrogen and oxygen atoms in total. The quantitative estimate of drug-likeness (QED) is 0.693. The number of fused-ring (bicyclic) bond motifs is 1. The number of carbonyl (C=O) groups excluding carboxylic acids is 1. The fourth-order valence-corrected chi connectivity index (χ4v) is 3.76. The largest absolute Gasteiger partial charge is 0.361 e. The molecule has 26 heavy (non-hydrogen) atoms. The molecular weight excluding hydrogens is 320 g/mol. The van der Waals surface area contributed by atoms with Crippen LogP contribution in [-0.4, -0.2) is 5.91 Å². The molecule has 0 radical (unpaired) electrons. The molecule has 0 bridgehead atoms. The molecule has 3 aromatic carbocycles. The van der Waals surface area contributed by atoms with E-state index >= 15 is 0 Å². The highest BCUT2D eigenvalue weighted by Crippen LogP contribution is 2.39. The number of carbonyl (C=O) groups is 1. The Morgan fingerprint density at radius 2 is 1.50 bits per heavy atom. The molecule has 130 valence electrons. The first kappa shape index (κ1) is 16.4. The predicted octanol–water partition coefficient (Wildman–Crippen LogP) is 5.38. The lowest BCUT2D eigenvalue weighted by atomic mass is 10.1. The van der Waals surface area contributed by atoms with Gasteiger partial charge in [0.15, 0.2) is 0 Å². The van der Waals surface area contributed by atoms with Crippen molar-refractivity contribution in [1.29, 1.82) is 0 Å². The van der Waals surface area contributed by atoms with E-state index in [1.165, 1.54) is 11.1 Å². The Balaban J connectivity index is 1.82. The summed E-state index contributed by atoms with van der Waals surface area (Å²) in [6.07, 6.45) is -0.221. The standard InChI is InChI=1S/C23H22N2O/c1-15-12-16(2)14-18(13-15)24-22-19-9-5-6-10-20(19)23(26)25(22)21-11-7-4-8-17(21)3/h4-14,22,24H,1-3H3/t22-/m0/s1. The van der Waals surface area contributed by atoms with Crippen molar-refractivity contribution in [2.75, 3.05) is 10.2 Å². The summed E-state index contributed by atoms with van der Waals surface area (Å²) in [5, 5.41) is 3.59. The third-order valence-corrected chi connectivity index (χ3v) is 4.86. The van der Waals surface area contributed by atoms with E-state index in [4.69, 9.17) is 0 Å². The zero-order chi connectivity index (χ0) is 18.3. The molecule has 4 rings (SSSR count). The minimum Gasteiger partial charge on any atom is -0.361 e. The highest BCUT2D eigenvalue weighted by molar-refractivity contribution is 6.11. The van der Waals surface area contributed by atoms with E-state index in [0.717, 1.165) is 28.1 Å². The maximum Gasteiger partial charge on any atom is 0.260 e. The van der Waals surface area contributed by atoms with Crippen molar-refractivity contribution in [1.82, 2.24) is 0 Å². The number of benzene rings is 3. The Morgan fingerprint density at radius 3 is 2.23 bits per heavy atom. The smallest absolute Gasteiger partial charge is 0.260 e. The molecule has 1 N–H and O–H groups in total. The van der Waals surface area contributed by atoms with Crippen LogP contribution < -0.4 is 10.2 Å². The van der Waals surface area contributed by atoms with E-state index < -0.39 is 0 Å². The van der Waals surface area contributed by atoms with Gasteiger partial charge in [-0.15, -0.1) is 0 Å². The molecule has 0 fully saturated rings. The van der Waals surface area contributed by atoms with Crippen LogP contribution in [0.4, 0.5) is 11.4 Å². The summed E-state index contributed by atoms with van der Waals surface area (Å²) < 4.78 is 0. The van der Waals surface area contributed by atoms with Gasteiger partial charge in [-0.05, 0) is 61.7 Å². The van der Waals surface area contributed by atoms with Crippen LogP contribution in [0.1, 0.15) is 38.8 Å². The average Bonchev–Trinajstić information content (AvgIpc) is 2.87. The molecule has 0 spiro atoms. The lowest BCUT2D eigenvalue weighted by Crippen LogP contribution is -2.32. The van der Waals surface area contributed by atoms with Gasteiger partial charge in [0.2, 0.25) is 0 Å². The van der Waals surface area contributed by atoms with Gasteiger partial charge in [-0.2, -0.15) is 0 Å². The lowest BCUT2D eigenvalue weighted by molar-refractivity contribution is 0.0993. The lowest BCUT2D eigenvalue weighted by Gasteiger charge is -2.28. The number of aryl methyl sites for hydroxylation is 3. The van der Waals surface area contributed by atoms with Crippen molar-refractivity contribution >= 4 is 17.3 Å². The fourth-order valence-electron chi connectivity index (χ4n) is 3.76. The summed E-state index contributed by atoms with van der Waals surface area (Å²) in [6, 6.07) is 22.3. The van der Waals surface area contributed by atoms with Gasteiger partial charge in [-0.3, -0.25) is 9.69 Å². The van der Waals surface area contributed by atoms with Gasteiger partial charge < -0.3 is 5.32 Å². The molecule has 0 aromatic heterocycles. The summed E-state index contributed by atoms with van der Waals surface area (Å²) in [5.74, 6) is 0.0387. The maximum absolute atomic E-state index is 13.2. The monoisotopic (exact) mass is 342 g/mol. The van der Waals surface area contributed by atoms with Crippen molar-refractivity contribution < 1.29 is 4.79 Å². The molecule has 1 heterocycles. The second kappa shape index (κ2) is 6.34. The first-order valence-electron chi connectivity index (χ1n) is 8.87. The van der Waals surface area contributed by atoms with E-state index in [1.807, 2.05) is 60.4 Å². The highest BCUT2D eigenvalue weighted by Gasteiger charge is 2.38. The molecule has 1 aliphatic heterocycles. The van der Waals surface area contributed by atoms with E-state index in [0.29, 0.717) is 0 Å². The Bertz CT molecular complexity index is 973. The molecule has 1 atom stereocenters. The average molecular weight is 342 g/mol. The van der Waals surface area contributed by atoms with Crippen molar-refractivity contribution in [3.63, 3.8) is 0 Å². The van der Waals surface area contributed by atoms with Gasteiger partial charge in [-0.1, -0.05) is 42.5 Å². The van der Waals surface area contributed by atoms with E-state index in [-0.39, 0.29) is 12.1 Å². The van der Waals surface area contributed by atoms with E-state index in [2.05, 4.69) is 37.4 Å². The fraction of sp³-hybridized carbons (Fsp3) is 0.174. The number of nitrogens with zero attached hydrogens (tertiary/aromatic N) is 1. The van der Waals surface area contributed by atoms with Gasteiger partial charge in [0, 0.05) is 22.5 Å². The van der Waals surface area contributed by atoms with E-state index in [9.17, 15) is 4.79 Å². The molecule has 1 amide bonds. The van der Waals surface area contributed by atoms with Crippen molar-refractivity contribution in [2.45, 2.75) is 26.9 Å².